The van der Waals surface area contributed by atoms with Crippen LogP contribution in [0.4, 0.5) is 9.18 Å². The summed E-state index contributed by atoms with van der Waals surface area (Å²) in [5.74, 6) is -0.213. The summed E-state index contributed by atoms with van der Waals surface area (Å²) < 4.78 is 47.3. The van der Waals surface area contributed by atoms with E-state index in [1.165, 1.54) is 32.2 Å². The second kappa shape index (κ2) is 10.3. The van der Waals surface area contributed by atoms with Gasteiger partial charge >= 0.3 is 16.1 Å². The lowest BCUT2D eigenvalue weighted by atomic mass is 10.1. The molecule has 2 amide bonds. The van der Waals surface area contributed by atoms with Crippen molar-refractivity contribution < 1.29 is 26.5 Å². The number of nitrogens with zero attached hydrogens (tertiary/aromatic N) is 1. The molecule has 0 aromatic heterocycles. The lowest BCUT2D eigenvalue weighted by molar-refractivity contribution is 0.189. The molecule has 0 radical (unpaired) electrons. The van der Waals surface area contributed by atoms with Gasteiger partial charge in [-0.05, 0) is 56.2 Å². The van der Waals surface area contributed by atoms with Gasteiger partial charge in [0.25, 0.3) is 0 Å². The number of urea groups is 1. The number of amides is 2. The summed E-state index contributed by atoms with van der Waals surface area (Å²) in [6, 6.07) is 10.4. The fourth-order valence-corrected chi connectivity index (χ4v) is 3.17. The van der Waals surface area contributed by atoms with Gasteiger partial charge in [0.2, 0.25) is 0 Å². The molecule has 0 saturated heterocycles. The zero-order valence-corrected chi connectivity index (χ0v) is 18.3. The lowest BCUT2D eigenvalue weighted by Gasteiger charge is -2.25. The Morgan fingerprint density at radius 1 is 1.07 bits per heavy atom. The number of methoxy groups -OCH3 is 1. The summed E-state index contributed by atoms with van der Waals surface area (Å²) >= 11 is 0. The van der Waals surface area contributed by atoms with E-state index in [4.69, 9.17) is 8.92 Å². The van der Waals surface area contributed by atoms with Gasteiger partial charge in [-0.25, -0.2) is 9.18 Å². The second-order valence-electron chi connectivity index (χ2n) is 7.00. The topological polar surface area (TPSA) is 84.9 Å². The quantitative estimate of drug-likeness (QED) is 0.604. The smallest absolute Gasteiger partial charge is 0.318 e. The lowest BCUT2D eigenvalue weighted by Crippen LogP contribution is -2.42. The Labute approximate surface area is 176 Å². The van der Waals surface area contributed by atoms with Crippen molar-refractivity contribution in [2.45, 2.75) is 39.9 Å². The first kappa shape index (κ1) is 23.5. The van der Waals surface area contributed by atoms with Gasteiger partial charge in [-0.1, -0.05) is 18.2 Å². The molecular formula is C21H27FN2O5S. The van der Waals surface area contributed by atoms with Crippen molar-refractivity contribution in [1.82, 2.24) is 10.2 Å². The minimum atomic E-state index is -3.74. The first-order valence-electron chi connectivity index (χ1n) is 9.52. The highest BCUT2D eigenvalue weighted by Gasteiger charge is 2.19. The highest BCUT2D eigenvalue weighted by molar-refractivity contribution is 7.87. The molecule has 0 heterocycles. The predicted molar refractivity (Wildman–Crippen MR) is 112 cm³/mol. The Bertz CT molecular complexity index is 962. The Morgan fingerprint density at radius 2 is 1.67 bits per heavy atom. The van der Waals surface area contributed by atoms with Gasteiger partial charge in [-0.2, -0.15) is 8.42 Å². The molecule has 1 N–H and O–H groups in total. The minimum Gasteiger partial charge on any atom is -0.493 e. The fourth-order valence-electron chi connectivity index (χ4n) is 2.65. The van der Waals surface area contributed by atoms with Crippen LogP contribution in [0.25, 0.3) is 0 Å². The van der Waals surface area contributed by atoms with Gasteiger partial charge in [-0.15, -0.1) is 0 Å². The molecule has 0 fully saturated rings. The Kier molecular flexibility index (Phi) is 8.05. The number of ether oxygens (including phenoxy) is 1. The van der Waals surface area contributed by atoms with E-state index >= 15 is 0 Å². The molecular weight excluding hydrogens is 411 g/mol. The van der Waals surface area contributed by atoms with Crippen molar-refractivity contribution in [3.63, 3.8) is 0 Å². The number of halogens is 1. The summed E-state index contributed by atoms with van der Waals surface area (Å²) in [5.41, 5.74) is 1.41. The third kappa shape index (κ3) is 6.91. The Balaban J connectivity index is 2.31. The molecule has 2 rings (SSSR count). The molecule has 0 saturated carbocycles. The standard InChI is InChI=1S/C21H27FN2O5S/c1-5-30(26,27)29-20-12-17(8-11-19(20)28-4)14-24(21(25)23-15(2)3)13-16-6-9-18(22)10-7-16/h6-12,15H,5,13-14H2,1-4H3,(H,23,25). The van der Waals surface area contributed by atoms with E-state index in [1.54, 1.807) is 29.2 Å². The fraction of sp³-hybridized carbons (Fsp3) is 0.381. The van der Waals surface area contributed by atoms with Crippen LogP contribution in [0, 0.1) is 5.82 Å². The molecule has 0 aliphatic rings. The van der Waals surface area contributed by atoms with Crippen molar-refractivity contribution in [1.29, 1.82) is 0 Å². The normalized spacial score (nSPS) is 11.3. The minimum absolute atomic E-state index is 0.0582. The van der Waals surface area contributed by atoms with Crippen LogP contribution in [0.3, 0.4) is 0 Å². The van der Waals surface area contributed by atoms with E-state index in [1.807, 2.05) is 13.8 Å². The number of hydrogen-bond acceptors (Lipinski definition) is 5. The average Bonchev–Trinajstić information content (AvgIpc) is 2.68. The zero-order chi connectivity index (χ0) is 22.3. The SMILES string of the molecule is CCS(=O)(=O)Oc1cc(CN(Cc2ccc(F)cc2)C(=O)NC(C)C)ccc1OC. The third-order valence-electron chi connectivity index (χ3n) is 4.16. The van der Waals surface area contributed by atoms with Gasteiger partial charge in [0.1, 0.15) is 5.82 Å². The van der Waals surface area contributed by atoms with Crippen LogP contribution < -0.4 is 14.2 Å². The van der Waals surface area contributed by atoms with Crippen molar-refractivity contribution in [3.8, 4) is 11.5 Å². The van der Waals surface area contributed by atoms with E-state index in [9.17, 15) is 17.6 Å². The van der Waals surface area contributed by atoms with Gasteiger partial charge in [0.05, 0.1) is 12.9 Å². The summed E-state index contributed by atoms with van der Waals surface area (Å²) in [6.07, 6.45) is 0. The average molecular weight is 439 g/mol. The first-order valence-corrected chi connectivity index (χ1v) is 11.1. The van der Waals surface area contributed by atoms with Crippen LogP contribution in [0.1, 0.15) is 31.9 Å². The number of carbonyl (C=O) groups is 1. The molecule has 0 aliphatic carbocycles. The molecule has 9 heteroatoms. The zero-order valence-electron chi connectivity index (χ0n) is 17.5. The first-order chi connectivity index (χ1) is 14.1. The van der Waals surface area contributed by atoms with Gasteiger partial charge < -0.3 is 19.1 Å². The summed E-state index contributed by atoms with van der Waals surface area (Å²) in [4.78, 5) is 14.3. The highest BCUT2D eigenvalue weighted by atomic mass is 32.2. The summed E-state index contributed by atoms with van der Waals surface area (Å²) in [7, 11) is -2.33. The largest absolute Gasteiger partial charge is 0.493 e. The molecule has 2 aromatic rings. The predicted octanol–water partition coefficient (Wildman–Crippen LogP) is 3.68. The van der Waals surface area contributed by atoms with Crippen LogP contribution in [0.5, 0.6) is 11.5 Å². The summed E-state index contributed by atoms with van der Waals surface area (Å²) in [5, 5.41) is 2.84. The number of hydrogen-bond donors (Lipinski definition) is 1. The molecule has 7 nitrogen and oxygen atoms in total. The molecule has 0 bridgehead atoms. The Hall–Kier alpha value is -2.81. The van der Waals surface area contributed by atoms with E-state index in [2.05, 4.69) is 5.32 Å². The third-order valence-corrected chi connectivity index (χ3v) is 5.30. The van der Waals surface area contributed by atoms with Crippen LogP contribution >= 0.6 is 0 Å². The number of carbonyl (C=O) groups excluding carboxylic acids is 1. The molecule has 0 spiro atoms. The maximum Gasteiger partial charge on any atom is 0.318 e. The molecule has 0 atom stereocenters. The molecule has 164 valence electrons. The Morgan fingerprint density at radius 3 is 2.23 bits per heavy atom. The van der Waals surface area contributed by atoms with E-state index in [0.717, 1.165) is 5.56 Å². The van der Waals surface area contributed by atoms with Gasteiger partial charge in [0, 0.05) is 19.1 Å². The highest BCUT2D eigenvalue weighted by Crippen LogP contribution is 2.30. The van der Waals surface area contributed by atoms with Crippen molar-refractivity contribution in [2.24, 2.45) is 0 Å². The van der Waals surface area contributed by atoms with Crippen molar-refractivity contribution in [3.05, 3.63) is 59.4 Å². The van der Waals surface area contributed by atoms with Gasteiger partial charge in [-0.3, -0.25) is 0 Å². The van der Waals surface area contributed by atoms with Crippen molar-refractivity contribution in [2.75, 3.05) is 12.9 Å². The number of rotatable bonds is 9. The van der Waals surface area contributed by atoms with Gasteiger partial charge in [0.15, 0.2) is 11.5 Å². The van der Waals surface area contributed by atoms with E-state index in [-0.39, 0.29) is 48.2 Å². The molecule has 30 heavy (non-hydrogen) atoms. The van der Waals surface area contributed by atoms with Crippen LogP contribution in [0.2, 0.25) is 0 Å². The maximum atomic E-state index is 13.2. The van der Waals surface area contributed by atoms with E-state index in [0.29, 0.717) is 5.56 Å². The monoisotopic (exact) mass is 438 g/mol. The molecule has 0 unspecified atom stereocenters. The van der Waals surface area contributed by atoms with Crippen LogP contribution in [-0.4, -0.2) is 38.3 Å². The molecule has 0 aliphatic heterocycles. The van der Waals surface area contributed by atoms with Crippen LogP contribution in [0.15, 0.2) is 42.5 Å². The second-order valence-corrected chi connectivity index (χ2v) is 8.86. The van der Waals surface area contributed by atoms with Crippen LogP contribution in [-0.2, 0) is 23.2 Å². The number of benzene rings is 2. The van der Waals surface area contributed by atoms with E-state index < -0.39 is 10.1 Å². The number of nitrogens with one attached hydrogen (secondary N) is 1. The maximum absolute atomic E-state index is 13.2. The van der Waals surface area contributed by atoms with Crippen molar-refractivity contribution >= 4 is 16.1 Å². The molecule has 2 aromatic carbocycles. The summed E-state index contributed by atoms with van der Waals surface area (Å²) in [6.45, 7) is 5.61.